The van der Waals surface area contributed by atoms with Crippen LogP contribution in [0.25, 0.3) is 17.1 Å². The van der Waals surface area contributed by atoms with Gasteiger partial charge < -0.3 is 14.6 Å². The average molecular weight is 642 g/mol. The standard InChI is InChI=1S/C33H35N7O5S/c1-20-13-14-22(32(42)35-24-16-23(33(2,3)4)17-25(30(24)45-6)37-46(7,43)44)15-27(20)40-19-26(36-38-40)28-18-34-31(39(28)5)29(41)21-11-9-8-10-12-21/h8-19,37H,1-7H3,(H,35,42). The van der Waals surface area contributed by atoms with Crippen LogP contribution in [-0.4, -0.2) is 58.0 Å². The smallest absolute Gasteiger partial charge is 0.255 e. The number of carbonyl (C=O) groups excluding carboxylic acids is 2. The highest BCUT2D eigenvalue weighted by Gasteiger charge is 2.23. The van der Waals surface area contributed by atoms with E-state index in [9.17, 15) is 18.0 Å². The van der Waals surface area contributed by atoms with E-state index in [1.54, 1.807) is 83.3 Å². The maximum Gasteiger partial charge on any atom is 0.255 e. The normalized spacial score (nSPS) is 11.7. The molecule has 5 aromatic rings. The van der Waals surface area contributed by atoms with Crippen LogP contribution in [0.5, 0.6) is 5.75 Å². The Kier molecular flexibility index (Phi) is 8.54. The molecule has 0 saturated carbocycles. The number of ketones is 1. The zero-order valence-corrected chi connectivity index (χ0v) is 27.4. The Hall–Kier alpha value is -5.30. The second-order valence-electron chi connectivity index (χ2n) is 12.0. The number of amides is 1. The van der Waals surface area contributed by atoms with E-state index in [1.165, 1.54) is 7.11 Å². The van der Waals surface area contributed by atoms with Crippen molar-refractivity contribution in [1.82, 2.24) is 24.5 Å². The van der Waals surface area contributed by atoms with Crippen molar-refractivity contribution < 1.29 is 22.7 Å². The number of aromatic nitrogens is 5. The summed E-state index contributed by atoms with van der Waals surface area (Å²) in [6, 6.07) is 17.6. The van der Waals surface area contributed by atoms with Gasteiger partial charge in [0.2, 0.25) is 15.8 Å². The van der Waals surface area contributed by atoms with Crippen molar-refractivity contribution >= 4 is 33.1 Å². The lowest BCUT2D eigenvalue weighted by atomic mass is 9.86. The van der Waals surface area contributed by atoms with Crippen LogP contribution in [0.3, 0.4) is 0 Å². The molecule has 0 aliphatic carbocycles. The Balaban J connectivity index is 1.45. The summed E-state index contributed by atoms with van der Waals surface area (Å²) in [5, 5.41) is 11.5. The van der Waals surface area contributed by atoms with Crippen molar-refractivity contribution in [2.24, 2.45) is 7.05 Å². The van der Waals surface area contributed by atoms with Crippen LogP contribution in [0.15, 0.2) is 73.1 Å². The van der Waals surface area contributed by atoms with Crippen LogP contribution in [0.1, 0.15) is 58.4 Å². The van der Waals surface area contributed by atoms with Crippen LogP contribution in [0.2, 0.25) is 0 Å². The summed E-state index contributed by atoms with van der Waals surface area (Å²) >= 11 is 0. The molecule has 0 bridgehead atoms. The molecular weight excluding hydrogens is 606 g/mol. The highest BCUT2D eigenvalue weighted by molar-refractivity contribution is 7.92. The predicted molar refractivity (Wildman–Crippen MR) is 176 cm³/mol. The zero-order valence-electron chi connectivity index (χ0n) is 26.6. The summed E-state index contributed by atoms with van der Waals surface area (Å²) in [4.78, 5) is 30.9. The highest BCUT2D eigenvalue weighted by Crippen LogP contribution is 2.39. The Morgan fingerprint density at radius 2 is 1.65 bits per heavy atom. The molecule has 0 aliphatic heterocycles. The van der Waals surface area contributed by atoms with Gasteiger partial charge in [-0.1, -0.05) is 62.4 Å². The fourth-order valence-corrected chi connectivity index (χ4v) is 5.47. The molecule has 5 rings (SSSR count). The van der Waals surface area contributed by atoms with E-state index in [0.29, 0.717) is 33.9 Å². The van der Waals surface area contributed by atoms with Crippen LogP contribution in [0, 0.1) is 6.92 Å². The number of hydrogen-bond acceptors (Lipinski definition) is 8. The number of sulfonamides is 1. The first-order valence-electron chi connectivity index (χ1n) is 14.3. The topological polar surface area (TPSA) is 150 Å². The molecule has 2 aromatic heterocycles. The number of benzene rings is 3. The fraction of sp³-hybridized carbons (Fsp3) is 0.242. The molecule has 2 heterocycles. The first-order chi connectivity index (χ1) is 21.7. The highest BCUT2D eigenvalue weighted by atomic mass is 32.2. The largest absolute Gasteiger partial charge is 0.492 e. The summed E-state index contributed by atoms with van der Waals surface area (Å²) in [5.41, 5.74) is 4.37. The Bertz CT molecular complexity index is 2060. The third-order valence-electron chi connectivity index (χ3n) is 7.40. The van der Waals surface area contributed by atoms with Gasteiger partial charge in [0.1, 0.15) is 5.69 Å². The van der Waals surface area contributed by atoms with Crippen LogP contribution >= 0.6 is 0 Å². The molecule has 12 nitrogen and oxygen atoms in total. The van der Waals surface area contributed by atoms with Gasteiger partial charge in [0.25, 0.3) is 5.91 Å². The van der Waals surface area contributed by atoms with Crippen molar-refractivity contribution in [3.63, 3.8) is 0 Å². The third kappa shape index (κ3) is 6.69. The van der Waals surface area contributed by atoms with Crippen molar-refractivity contribution in [3.05, 3.63) is 101 Å². The molecule has 3 aromatic carbocycles. The Morgan fingerprint density at radius 1 is 0.957 bits per heavy atom. The van der Waals surface area contributed by atoms with Gasteiger partial charge >= 0.3 is 0 Å². The number of carbonyl (C=O) groups is 2. The maximum absolute atomic E-state index is 13.6. The quantitative estimate of drug-likeness (QED) is 0.210. The lowest BCUT2D eigenvalue weighted by molar-refractivity contribution is 0.101. The van der Waals surface area contributed by atoms with Crippen LogP contribution in [-0.2, 0) is 22.5 Å². The minimum Gasteiger partial charge on any atom is -0.492 e. The van der Waals surface area contributed by atoms with Gasteiger partial charge in [0, 0.05) is 18.2 Å². The number of nitrogens with one attached hydrogen (secondary N) is 2. The van der Waals surface area contributed by atoms with Crippen LogP contribution < -0.4 is 14.8 Å². The van der Waals surface area contributed by atoms with E-state index >= 15 is 0 Å². The summed E-state index contributed by atoms with van der Waals surface area (Å²) in [5.74, 6) is -0.195. The number of rotatable bonds is 9. The number of hydrogen-bond donors (Lipinski definition) is 2. The van der Waals surface area contributed by atoms with Gasteiger partial charge in [0.05, 0.1) is 48.5 Å². The van der Waals surface area contributed by atoms with Crippen molar-refractivity contribution in [3.8, 4) is 22.8 Å². The van der Waals surface area contributed by atoms with E-state index in [4.69, 9.17) is 4.74 Å². The molecule has 0 unspecified atom stereocenters. The molecule has 0 aliphatic rings. The van der Waals surface area contributed by atoms with Gasteiger partial charge in [-0.05, 0) is 47.7 Å². The minimum atomic E-state index is -3.63. The fourth-order valence-electron chi connectivity index (χ4n) is 4.92. The molecular formula is C33H35N7O5S. The molecule has 0 spiro atoms. The first kappa shape index (κ1) is 32.1. The lowest BCUT2D eigenvalue weighted by Crippen LogP contribution is -2.18. The van der Waals surface area contributed by atoms with E-state index in [-0.39, 0.29) is 28.5 Å². The molecule has 13 heteroatoms. The van der Waals surface area contributed by atoms with Crippen molar-refractivity contribution in [2.75, 3.05) is 23.4 Å². The second kappa shape index (κ2) is 12.2. The SMILES string of the molecule is COc1c(NC(=O)c2ccc(C)c(-n3cc(-c4cnc(C(=O)c5ccccc5)n4C)nn3)c2)cc(C(C)(C)C)cc1NS(C)(=O)=O. The summed E-state index contributed by atoms with van der Waals surface area (Å²) in [7, 11) is -0.477. The molecule has 0 fully saturated rings. The van der Waals surface area contributed by atoms with E-state index in [1.807, 2.05) is 33.8 Å². The molecule has 0 atom stereocenters. The predicted octanol–water partition coefficient (Wildman–Crippen LogP) is 5.14. The second-order valence-corrected chi connectivity index (χ2v) is 13.7. The maximum atomic E-state index is 13.6. The minimum absolute atomic E-state index is 0.182. The molecule has 2 N–H and O–H groups in total. The monoisotopic (exact) mass is 641 g/mol. The van der Waals surface area contributed by atoms with Crippen molar-refractivity contribution in [2.45, 2.75) is 33.1 Å². The van der Waals surface area contributed by atoms with Gasteiger partial charge in [-0.25, -0.2) is 18.1 Å². The lowest BCUT2D eigenvalue weighted by Gasteiger charge is -2.24. The van der Waals surface area contributed by atoms with Gasteiger partial charge in [0.15, 0.2) is 11.6 Å². The van der Waals surface area contributed by atoms with E-state index in [2.05, 4.69) is 25.3 Å². The van der Waals surface area contributed by atoms with Gasteiger partial charge in [-0.15, -0.1) is 5.10 Å². The molecule has 46 heavy (non-hydrogen) atoms. The first-order valence-corrected chi connectivity index (χ1v) is 16.2. The summed E-state index contributed by atoms with van der Waals surface area (Å²) in [6.45, 7) is 7.84. The van der Waals surface area contributed by atoms with Gasteiger partial charge in [-0.3, -0.25) is 14.3 Å². The Labute approximate surface area is 267 Å². The van der Waals surface area contributed by atoms with E-state index in [0.717, 1.165) is 17.4 Å². The number of nitrogens with zero attached hydrogens (tertiary/aromatic N) is 5. The number of ether oxygens (including phenoxy) is 1. The van der Waals surface area contributed by atoms with E-state index < -0.39 is 15.9 Å². The molecule has 0 radical (unpaired) electrons. The number of imidazole rings is 1. The number of aryl methyl sites for hydroxylation is 1. The molecule has 238 valence electrons. The van der Waals surface area contributed by atoms with Crippen LogP contribution in [0.4, 0.5) is 11.4 Å². The summed E-state index contributed by atoms with van der Waals surface area (Å²) < 4.78 is 35.5. The van der Waals surface area contributed by atoms with Gasteiger partial charge in [-0.2, -0.15) is 0 Å². The molecule has 0 saturated heterocycles. The summed E-state index contributed by atoms with van der Waals surface area (Å²) in [6.07, 6.45) is 4.33. The Morgan fingerprint density at radius 3 is 2.30 bits per heavy atom. The number of methoxy groups -OCH3 is 1. The average Bonchev–Trinajstić information content (AvgIpc) is 3.62. The zero-order chi connectivity index (χ0) is 33.4. The van der Waals surface area contributed by atoms with Crippen molar-refractivity contribution in [1.29, 1.82) is 0 Å². The number of anilines is 2. The molecule has 1 amide bonds. The third-order valence-corrected chi connectivity index (χ3v) is 7.99.